The standard InChI is InChI=1S/C30H27NO/c1-22-21-25(13-17-29(22)31-19-7-8-20-31)26(23-9-3-2-4-10-23)15-16-28-27-12-6-5-11-24(27)14-18-30(28)32/h2-6,9-18,21H,7-8,19-20H2,1H3/b26-15+,28-16-. The van der Waals surface area contributed by atoms with Crippen LogP contribution in [0.2, 0.25) is 0 Å². The number of allylic oxidation sites excluding steroid dienone is 4. The maximum absolute atomic E-state index is 12.7. The summed E-state index contributed by atoms with van der Waals surface area (Å²) in [6.45, 7) is 4.48. The fourth-order valence-electron chi connectivity index (χ4n) is 4.73. The zero-order chi connectivity index (χ0) is 21.9. The first-order chi connectivity index (χ1) is 15.7. The average molecular weight is 418 g/mol. The van der Waals surface area contributed by atoms with Crippen LogP contribution in [0.5, 0.6) is 0 Å². The number of benzene rings is 3. The van der Waals surface area contributed by atoms with E-state index in [1.807, 2.05) is 42.5 Å². The zero-order valence-corrected chi connectivity index (χ0v) is 18.4. The van der Waals surface area contributed by atoms with Crippen LogP contribution in [0.4, 0.5) is 5.69 Å². The normalized spacial score (nSPS) is 17.2. The minimum absolute atomic E-state index is 0.0490. The van der Waals surface area contributed by atoms with Crippen LogP contribution < -0.4 is 4.90 Å². The molecule has 1 fully saturated rings. The Balaban J connectivity index is 1.59. The Morgan fingerprint density at radius 1 is 0.844 bits per heavy atom. The van der Waals surface area contributed by atoms with Gasteiger partial charge in [0.1, 0.15) is 0 Å². The van der Waals surface area contributed by atoms with Crippen molar-refractivity contribution in [3.05, 3.63) is 119 Å². The molecule has 3 aromatic carbocycles. The second-order valence-corrected chi connectivity index (χ2v) is 8.51. The van der Waals surface area contributed by atoms with Crippen LogP contribution in [0.3, 0.4) is 0 Å². The van der Waals surface area contributed by atoms with Crippen molar-refractivity contribution >= 4 is 28.7 Å². The number of anilines is 1. The molecule has 0 atom stereocenters. The molecule has 0 N–H and O–H groups in total. The molecule has 0 radical (unpaired) electrons. The van der Waals surface area contributed by atoms with E-state index in [4.69, 9.17) is 0 Å². The van der Waals surface area contributed by atoms with E-state index >= 15 is 0 Å². The summed E-state index contributed by atoms with van der Waals surface area (Å²) in [6, 6.07) is 25.2. The summed E-state index contributed by atoms with van der Waals surface area (Å²) in [5, 5.41) is 0. The van der Waals surface area contributed by atoms with E-state index in [0.29, 0.717) is 0 Å². The monoisotopic (exact) mass is 417 g/mol. The molecular weight excluding hydrogens is 390 g/mol. The zero-order valence-electron chi connectivity index (χ0n) is 18.4. The molecule has 32 heavy (non-hydrogen) atoms. The lowest BCUT2D eigenvalue weighted by Gasteiger charge is -2.21. The van der Waals surface area contributed by atoms with Gasteiger partial charge < -0.3 is 4.90 Å². The van der Waals surface area contributed by atoms with Gasteiger partial charge in [0.15, 0.2) is 5.78 Å². The van der Waals surface area contributed by atoms with Crippen molar-refractivity contribution in [1.82, 2.24) is 0 Å². The number of fused-ring (bicyclic) bond motifs is 1. The number of hydrogen-bond donors (Lipinski definition) is 0. The Kier molecular flexibility index (Phi) is 5.60. The van der Waals surface area contributed by atoms with Crippen molar-refractivity contribution in [2.24, 2.45) is 0 Å². The minimum atomic E-state index is 0.0490. The van der Waals surface area contributed by atoms with E-state index in [1.54, 1.807) is 6.08 Å². The first-order valence-corrected chi connectivity index (χ1v) is 11.4. The molecule has 0 saturated carbocycles. The van der Waals surface area contributed by atoms with Gasteiger partial charge in [-0.3, -0.25) is 4.79 Å². The van der Waals surface area contributed by atoms with Crippen molar-refractivity contribution in [3.8, 4) is 0 Å². The molecule has 2 aliphatic rings. The summed E-state index contributed by atoms with van der Waals surface area (Å²) in [4.78, 5) is 15.2. The molecule has 0 aromatic heterocycles. The fourth-order valence-corrected chi connectivity index (χ4v) is 4.73. The van der Waals surface area contributed by atoms with Gasteiger partial charge >= 0.3 is 0 Å². The summed E-state index contributed by atoms with van der Waals surface area (Å²) < 4.78 is 0. The van der Waals surface area contributed by atoms with Crippen molar-refractivity contribution in [1.29, 1.82) is 0 Å². The van der Waals surface area contributed by atoms with Gasteiger partial charge in [-0.05, 0) is 77.4 Å². The second-order valence-electron chi connectivity index (χ2n) is 8.51. The van der Waals surface area contributed by atoms with E-state index in [1.165, 1.54) is 29.7 Å². The van der Waals surface area contributed by atoms with E-state index in [-0.39, 0.29) is 5.78 Å². The Morgan fingerprint density at radius 3 is 2.38 bits per heavy atom. The summed E-state index contributed by atoms with van der Waals surface area (Å²) in [5.41, 5.74) is 8.86. The quantitative estimate of drug-likeness (QED) is 0.440. The molecule has 2 heteroatoms. The highest BCUT2D eigenvalue weighted by Gasteiger charge is 2.17. The third kappa shape index (κ3) is 3.97. The molecule has 1 aliphatic carbocycles. The van der Waals surface area contributed by atoms with Crippen LogP contribution in [-0.4, -0.2) is 18.9 Å². The predicted molar refractivity (Wildman–Crippen MR) is 135 cm³/mol. The van der Waals surface area contributed by atoms with Crippen molar-refractivity contribution in [2.45, 2.75) is 19.8 Å². The molecular formula is C30H27NO. The molecule has 158 valence electrons. The van der Waals surface area contributed by atoms with Gasteiger partial charge in [-0.15, -0.1) is 0 Å². The Labute approximate surface area is 190 Å². The lowest BCUT2D eigenvalue weighted by Crippen LogP contribution is -2.18. The molecule has 1 saturated heterocycles. The molecule has 0 spiro atoms. The van der Waals surface area contributed by atoms with E-state index in [9.17, 15) is 4.79 Å². The molecule has 1 aliphatic heterocycles. The predicted octanol–water partition coefficient (Wildman–Crippen LogP) is 6.71. The summed E-state index contributed by atoms with van der Waals surface area (Å²) >= 11 is 0. The van der Waals surface area contributed by atoms with Gasteiger partial charge in [0.05, 0.1) is 0 Å². The summed E-state index contributed by atoms with van der Waals surface area (Å²) in [6.07, 6.45) is 10.2. The fraction of sp³-hybridized carbons (Fsp3) is 0.167. The van der Waals surface area contributed by atoms with Gasteiger partial charge in [-0.25, -0.2) is 0 Å². The number of nitrogens with zero attached hydrogens (tertiary/aromatic N) is 1. The topological polar surface area (TPSA) is 20.3 Å². The van der Waals surface area contributed by atoms with Crippen LogP contribution >= 0.6 is 0 Å². The van der Waals surface area contributed by atoms with Crippen molar-refractivity contribution < 1.29 is 4.79 Å². The Morgan fingerprint density at radius 2 is 1.59 bits per heavy atom. The van der Waals surface area contributed by atoms with Gasteiger partial charge in [0, 0.05) is 24.4 Å². The smallest absolute Gasteiger partial charge is 0.186 e. The molecule has 5 rings (SSSR count). The lowest BCUT2D eigenvalue weighted by atomic mass is 9.90. The van der Waals surface area contributed by atoms with Gasteiger partial charge in [-0.1, -0.05) is 72.8 Å². The molecule has 3 aromatic rings. The van der Waals surface area contributed by atoms with Gasteiger partial charge in [-0.2, -0.15) is 0 Å². The molecule has 1 heterocycles. The molecule has 0 unspecified atom stereocenters. The van der Waals surface area contributed by atoms with E-state index in [2.05, 4.69) is 60.4 Å². The SMILES string of the molecule is Cc1cc(/C(=C/C=C2\C(=O)C=Cc3ccccc32)c2ccccc2)ccc1N1CCCC1. The number of hydrogen-bond acceptors (Lipinski definition) is 2. The maximum Gasteiger partial charge on any atom is 0.186 e. The van der Waals surface area contributed by atoms with Gasteiger partial charge in [0.2, 0.25) is 0 Å². The second kappa shape index (κ2) is 8.84. The van der Waals surface area contributed by atoms with Gasteiger partial charge in [0.25, 0.3) is 0 Å². The first kappa shape index (κ1) is 20.3. The Hall–Kier alpha value is -3.65. The number of carbonyl (C=O) groups is 1. The van der Waals surface area contributed by atoms with Crippen LogP contribution in [0.15, 0.2) is 91.0 Å². The van der Waals surface area contributed by atoms with Crippen LogP contribution in [0, 0.1) is 6.92 Å². The highest BCUT2D eigenvalue weighted by molar-refractivity contribution is 6.30. The maximum atomic E-state index is 12.7. The van der Waals surface area contributed by atoms with Crippen molar-refractivity contribution in [2.75, 3.05) is 18.0 Å². The van der Waals surface area contributed by atoms with E-state index < -0.39 is 0 Å². The highest BCUT2D eigenvalue weighted by Crippen LogP contribution is 2.32. The minimum Gasteiger partial charge on any atom is -0.371 e. The number of aryl methyl sites for hydroxylation is 1. The Bertz CT molecular complexity index is 1240. The number of ketones is 1. The van der Waals surface area contributed by atoms with Crippen LogP contribution in [-0.2, 0) is 4.79 Å². The largest absolute Gasteiger partial charge is 0.371 e. The number of rotatable bonds is 4. The molecule has 2 nitrogen and oxygen atoms in total. The van der Waals surface area contributed by atoms with Crippen LogP contribution in [0.25, 0.3) is 17.2 Å². The van der Waals surface area contributed by atoms with Crippen LogP contribution in [0.1, 0.15) is 40.7 Å². The summed E-state index contributed by atoms with van der Waals surface area (Å²) in [7, 11) is 0. The highest BCUT2D eigenvalue weighted by atomic mass is 16.1. The lowest BCUT2D eigenvalue weighted by molar-refractivity contribution is -0.109. The third-order valence-corrected chi connectivity index (χ3v) is 6.39. The third-order valence-electron chi connectivity index (χ3n) is 6.39. The summed E-state index contributed by atoms with van der Waals surface area (Å²) in [5.74, 6) is 0.0490. The molecule has 0 amide bonds. The molecule has 0 bridgehead atoms. The van der Waals surface area contributed by atoms with Crippen molar-refractivity contribution in [3.63, 3.8) is 0 Å². The first-order valence-electron chi connectivity index (χ1n) is 11.4. The number of carbonyl (C=O) groups excluding carboxylic acids is 1. The van der Waals surface area contributed by atoms with E-state index in [0.717, 1.165) is 40.9 Å². The average Bonchev–Trinajstić information content (AvgIpc) is 3.36.